The Morgan fingerprint density at radius 1 is 1.27 bits per heavy atom. The molecular formula is C20H24N8OS. The Morgan fingerprint density at radius 3 is 2.83 bits per heavy atom. The van der Waals surface area contributed by atoms with Gasteiger partial charge in [-0.05, 0) is 43.6 Å². The lowest BCUT2D eigenvalue weighted by molar-refractivity contribution is 0.218. The van der Waals surface area contributed by atoms with Crippen LogP contribution in [0.5, 0.6) is 0 Å². The van der Waals surface area contributed by atoms with Gasteiger partial charge in [-0.1, -0.05) is 0 Å². The van der Waals surface area contributed by atoms with E-state index in [1.807, 2.05) is 17.2 Å². The molecule has 2 atom stereocenters. The maximum absolute atomic E-state index is 12.7. The highest BCUT2D eigenvalue weighted by Crippen LogP contribution is 2.42. The molecule has 2 aliphatic carbocycles. The van der Waals surface area contributed by atoms with Gasteiger partial charge in [0.2, 0.25) is 5.13 Å². The summed E-state index contributed by atoms with van der Waals surface area (Å²) in [5.41, 5.74) is 0.870. The monoisotopic (exact) mass is 424 g/mol. The zero-order valence-electron chi connectivity index (χ0n) is 16.8. The van der Waals surface area contributed by atoms with Crippen LogP contribution in [0.4, 0.5) is 15.7 Å². The maximum Gasteiger partial charge on any atom is 0.323 e. The van der Waals surface area contributed by atoms with Gasteiger partial charge in [0.05, 0.1) is 5.39 Å². The zero-order valence-corrected chi connectivity index (χ0v) is 17.6. The van der Waals surface area contributed by atoms with Crippen LogP contribution in [0.3, 0.4) is 0 Å². The Balaban J connectivity index is 1.08. The van der Waals surface area contributed by atoms with E-state index < -0.39 is 0 Å². The molecule has 3 aromatic heterocycles. The summed E-state index contributed by atoms with van der Waals surface area (Å²) in [5.74, 6) is 3.44. The summed E-state index contributed by atoms with van der Waals surface area (Å²) >= 11 is 1.29. The molecule has 4 heterocycles. The minimum atomic E-state index is -0.0439. The lowest BCUT2D eigenvalue weighted by Crippen LogP contribution is -2.36. The first-order valence-corrected chi connectivity index (χ1v) is 11.3. The van der Waals surface area contributed by atoms with E-state index in [4.69, 9.17) is 0 Å². The van der Waals surface area contributed by atoms with Crippen molar-refractivity contribution >= 4 is 39.5 Å². The van der Waals surface area contributed by atoms with Crippen molar-refractivity contribution in [1.82, 2.24) is 29.2 Å². The molecule has 0 aromatic carbocycles. The number of rotatable bonds is 4. The predicted octanol–water partition coefficient (Wildman–Crippen LogP) is 3.07. The van der Waals surface area contributed by atoms with Crippen LogP contribution in [0.2, 0.25) is 0 Å². The molecule has 9 nitrogen and oxygen atoms in total. The van der Waals surface area contributed by atoms with Crippen LogP contribution in [0.25, 0.3) is 11.0 Å². The molecule has 2 amide bonds. The van der Waals surface area contributed by atoms with Crippen molar-refractivity contribution in [3.63, 3.8) is 0 Å². The van der Waals surface area contributed by atoms with Gasteiger partial charge in [-0.2, -0.15) is 4.37 Å². The molecular weight excluding hydrogens is 400 g/mol. The van der Waals surface area contributed by atoms with Crippen LogP contribution >= 0.6 is 11.5 Å². The molecule has 6 rings (SSSR count). The summed E-state index contributed by atoms with van der Waals surface area (Å²) in [6.07, 6.45) is 8.01. The van der Waals surface area contributed by atoms with Gasteiger partial charge < -0.3 is 14.8 Å². The van der Waals surface area contributed by atoms with E-state index >= 15 is 0 Å². The van der Waals surface area contributed by atoms with Crippen molar-refractivity contribution in [2.75, 3.05) is 30.4 Å². The molecule has 10 heteroatoms. The molecule has 2 unspecified atom stereocenters. The summed E-state index contributed by atoms with van der Waals surface area (Å²) in [7, 11) is 2.12. The molecule has 3 aliphatic rings. The highest BCUT2D eigenvalue weighted by molar-refractivity contribution is 7.09. The highest BCUT2D eigenvalue weighted by Gasteiger charge is 2.44. The Kier molecular flexibility index (Phi) is 4.15. The zero-order chi connectivity index (χ0) is 20.2. The standard InChI is InChI=1S/C20H24N8OS/c1-27(18-15-4-5-21-17(15)22-10-23-18)14-6-12-8-28(9-13(12)7-14)20(29)25-19-24-16(26-30-19)11-2-3-11/h4-5,10-14H,2-3,6-9H2,1H3,(H,21,22,23)(H,24,25,26,29). The van der Waals surface area contributed by atoms with Gasteiger partial charge >= 0.3 is 6.03 Å². The summed E-state index contributed by atoms with van der Waals surface area (Å²) in [6.45, 7) is 1.61. The third-order valence-corrected chi connectivity index (χ3v) is 7.47. The minimum absolute atomic E-state index is 0.0439. The number of anilines is 2. The average Bonchev–Trinajstić information content (AvgIpc) is 3.12. The molecule has 0 radical (unpaired) electrons. The van der Waals surface area contributed by atoms with Crippen molar-refractivity contribution in [1.29, 1.82) is 0 Å². The first-order chi connectivity index (χ1) is 14.7. The summed E-state index contributed by atoms with van der Waals surface area (Å²) in [6, 6.07) is 2.42. The second-order valence-electron chi connectivity index (χ2n) is 8.76. The number of H-pyrrole nitrogens is 1. The number of nitrogens with zero attached hydrogens (tertiary/aromatic N) is 6. The number of fused-ring (bicyclic) bond motifs is 2. The van der Waals surface area contributed by atoms with Gasteiger partial charge in [0, 0.05) is 49.8 Å². The van der Waals surface area contributed by atoms with E-state index in [2.05, 4.69) is 41.6 Å². The van der Waals surface area contributed by atoms with E-state index in [1.165, 1.54) is 24.4 Å². The van der Waals surface area contributed by atoms with Crippen LogP contribution in [0, 0.1) is 11.8 Å². The highest BCUT2D eigenvalue weighted by atomic mass is 32.1. The van der Waals surface area contributed by atoms with E-state index in [0.29, 0.717) is 28.9 Å². The SMILES string of the molecule is CN(c1ncnc2[nH]ccc12)C1CC2CN(C(=O)Nc3nc(C4CC4)ns3)CC2C1. The number of aromatic nitrogens is 5. The van der Waals surface area contributed by atoms with Gasteiger partial charge in [-0.25, -0.2) is 19.7 Å². The maximum atomic E-state index is 12.7. The van der Waals surface area contributed by atoms with Crippen LogP contribution in [-0.2, 0) is 0 Å². The number of aromatic amines is 1. The van der Waals surface area contributed by atoms with Crippen molar-refractivity contribution in [3.05, 3.63) is 24.4 Å². The second-order valence-corrected chi connectivity index (χ2v) is 9.51. The topological polar surface area (TPSA) is 103 Å². The average molecular weight is 425 g/mol. The molecule has 3 aromatic rings. The fourth-order valence-electron chi connectivity index (χ4n) is 5.03. The number of nitrogens with one attached hydrogen (secondary N) is 2. The molecule has 156 valence electrons. The number of amides is 2. The van der Waals surface area contributed by atoms with Gasteiger partial charge in [0.25, 0.3) is 0 Å². The van der Waals surface area contributed by atoms with E-state index in [-0.39, 0.29) is 6.03 Å². The number of carbonyl (C=O) groups excluding carboxylic acids is 1. The summed E-state index contributed by atoms with van der Waals surface area (Å²) < 4.78 is 4.37. The van der Waals surface area contributed by atoms with Gasteiger partial charge in [-0.3, -0.25) is 5.32 Å². The second kappa shape index (κ2) is 6.90. The van der Waals surface area contributed by atoms with Gasteiger partial charge in [0.1, 0.15) is 23.6 Å². The molecule has 30 heavy (non-hydrogen) atoms. The molecule has 2 saturated carbocycles. The molecule has 3 fully saturated rings. The summed E-state index contributed by atoms with van der Waals surface area (Å²) in [5, 5.41) is 4.63. The lowest BCUT2D eigenvalue weighted by atomic mass is 10.0. The first kappa shape index (κ1) is 18.1. The third kappa shape index (κ3) is 3.10. The fourth-order valence-corrected chi connectivity index (χ4v) is 5.66. The first-order valence-electron chi connectivity index (χ1n) is 10.6. The molecule has 1 aliphatic heterocycles. The van der Waals surface area contributed by atoms with Crippen molar-refractivity contribution in [2.24, 2.45) is 11.8 Å². The van der Waals surface area contributed by atoms with Crippen LogP contribution in [0.1, 0.15) is 37.4 Å². The van der Waals surface area contributed by atoms with Crippen LogP contribution in [-0.4, -0.2) is 61.4 Å². The molecule has 0 spiro atoms. The number of likely N-dealkylation sites (tertiary alicyclic amines) is 1. The Hall–Kier alpha value is -2.75. The van der Waals surface area contributed by atoms with E-state index in [1.54, 1.807) is 6.33 Å². The van der Waals surface area contributed by atoms with Crippen molar-refractivity contribution < 1.29 is 4.79 Å². The van der Waals surface area contributed by atoms with Gasteiger partial charge in [-0.15, -0.1) is 0 Å². The minimum Gasteiger partial charge on any atom is -0.356 e. The van der Waals surface area contributed by atoms with Crippen molar-refractivity contribution in [2.45, 2.75) is 37.6 Å². The Morgan fingerprint density at radius 2 is 2.07 bits per heavy atom. The van der Waals surface area contributed by atoms with Crippen LogP contribution in [0.15, 0.2) is 18.6 Å². The predicted molar refractivity (Wildman–Crippen MR) is 115 cm³/mol. The molecule has 2 N–H and O–H groups in total. The van der Waals surface area contributed by atoms with Gasteiger partial charge in [0.15, 0.2) is 0 Å². The smallest absolute Gasteiger partial charge is 0.323 e. The quantitative estimate of drug-likeness (QED) is 0.667. The van der Waals surface area contributed by atoms with Crippen molar-refractivity contribution in [3.8, 4) is 0 Å². The Labute approximate surface area is 178 Å². The van der Waals surface area contributed by atoms with Crippen LogP contribution < -0.4 is 10.2 Å². The van der Waals surface area contributed by atoms with E-state index in [9.17, 15) is 4.79 Å². The normalized spacial score (nSPS) is 25.6. The number of hydrogen-bond donors (Lipinski definition) is 2. The Bertz CT molecular complexity index is 1080. The third-order valence-electron chi connectivity index (χ3n) is 6.83. The number of urea groups is 1. The molecule has 1 saturated heterocycles. The fraction of sp³-hybridized carbons (Fsp3) is 0.550. The largest absolute Gasteiger partial charge is 0.356 e. The molecule has 0 bridgehead atoms. The number of hydrogen-bond acceptors (Lipinski definition) is 7. The number of carbonyl (C=O) groups is 1. The summed E-state index contributed by atoms with van der Waals surface area (Å²) in [4.78, 5) is 33.4. The van der Waals surface area contributed by atoms with E-state index in [0.717, 1.165) is 48.6 Å². The lowest BCUT2D eigenvalue weighted by Gasteiger charge is -2.27.